The minimum absolute atomic E-state index is 0.457. The zero-order valence-electron chi connectivity index (χ0n) is 14.2. The standard InChI is InChI=1S/C19H19ClN4O2/c20-16-1-2-19-15(11-16)12-18(24(19)26-14-25)13-22-7-9-23(10-8-22)17-3-5-21-6-4-17/h1-6,11-12,14H,7-10,13H2. The van der Waals surface area contributed by atoms with Gasteiger partial charge < -0.3 is 9.74 Å². The van der Waals surface area contributed by atoms with Crippen molar-refractivity contribution >= 4 is 34.7 Å². The fraction of sp³-hybridized carbons (Fsp3) is 0.263. The first kappa shape index (κ1) is 16.9. The Morgan fingerprint density at radius 1 is 1.08 bits per heavy atom. The number of anilines is 1. The van der Waals surface area contributed by atoms with Gasteiger partial charge in [0.25, 0.3) is 0 Å². The number of rotatable bonds is 5. The van der Waals surface area contributed by atoms with E-state index in [-0.39, 0.29) is 0 Å². The summed E-state index contributed by atoms with van der Waals surface area (Å²) in [4.78, 5) is 24.9. The fourth-order valence-corrected chi connectivity index (χ4v) is 3.62. The van der Waals surface area contributed by atoms with Crippen LogP contribution < -0.4 is 9.74 Å². The van der Waals surface area contributed by atoms with Gasteiger partial charge in [-0.2, -0.15) is 4.73 Å². The van der Waals surface area contributed by atoms with E-state index in [9.17, 15) is 4.79 Å². The van der Waals surface area contributed by atoms with E-state index >= 15 is 0 Å². The Kier molecular flexibility index (Phi) is 4.77. The van der Waals surface area contributed by atoms with Crippen molar-refractivity contribution in [3.05, 3.63) is 59.5 Å². The van der Waals surface area contributed by atoms with Crippen LogP contribution in [0.3, 0.4) is 0 Å². The van der Waals surface area contributed by atoms with E-state index in [1.807, 2.05) is 42.7 Å². The van der Waals surface area contributed by atoms with Crippen LogP contribution in [0.25, 0.3) is 10.9 Å². The molecule has 0 radical (unpaired) electrons. The maximum absolute atomic E-state index is 10.9. The Bertz CT molecular complexity index is 905. The Labute approximate surface area is 156 Å². The molecule has 6 nitrogen and oxygen atoms in total. The van der Waals surface area contributed by atoms with Crippen molar-refractivity contribution in [1.82, 2.24) is 14.6 Å². The molecule has 1 fully saturated rings. The summed E-state index contributed by atoms with van der Waals surface area (Å²) in [7, 11) is 0. The van der Waals surface area contributed by atoms with E-state index in [0.717, 1.165) is 42.8 Å². The smallest absolute Gasteiger partial charge is 0.321 e. The number of carbonyl (C=O) groups is 1. The number of fused-ring (bicyclic) bond motifs is 1. The molecule has 0 unspecified atom stereocenters. The van der Waals surface area contributed by atoms with E-state index in [4.69, 9.17) is 16.4 Å². The van der Waals surface area contributed by atoms with E-state index in [0.29, 0.717) is 18.0 Å². The highest BCUT2D eigenvalue weighted by atomic mass is 35.5. The van der Waals surface area contributed by atoms with Gasteiger partial charge in [-0.25, -0.2) is 0 Å². The number of hydrogen-bond acceptors (Lipinski definition) is 5. The molecule has 0 spiro atoms. The zero-order valence-corrected chi connectivity index (χ0v) is 15.0. The lowest BCUT2D eigenvalue weighted by molar-refractivity contribution is -0.129. The molecule has 2 aromatic heterocycles. The summed E-state index contributed by atoms with van der Waals surface area (Å²) in [6.07, 6.45) is 3.64. The largest absolute Gasteiger partial charge is 0.369 e. The number of benzene rings is 1. The minimum Gasteiger partial charge on any atom is -0.369 e. The van der Waals surface area contributed by atoms with Crippen molar-refractivity contribution in [3.63, 3.8) is 0 Å². The summed E-state index contributed by atoms with van der Waals surface area (Å²) in [5.74, 6) is 0. The second-order valence-corrected chi connectivity index (χ2v) is 6.74. The molecule has 1 aliphatic rings. The lowest BCUT2D eigenvalue weighted by Gasteiger charge is -2.36. The molecule has 0 N–H and O–H groups in total. The van der Waals surface area contributed by atoms with Gasteiger partial charge in [-0.15, -0.1) is 0 Å². The predicted octanol–water partition coefficient (Wildman–Crippen LogP) is 2.60. The molecule has 0 bridgehead atoms. The van der Waals surface area contributed by atoms with Gasteiger partial charge in [0.2, 0.25) is 0 Å². The number of halogens is 1. The lowest BCUT2D eigenvalue weighted by Crippen LogP contribution is -2.46. The van der Waals surface area contributed by atoms with Crippen LogP contribution in [-0.4, -0.2) is 47.3 Å². The van der Waals surface area contributed by atoms with Crippen molar-refractivity contribution in [1.29, 1.82) is 0 Å². The minimum atomic E-state index is 0.457. The maximum atomic E-state index is 10.9. The van der Waals surface area contributed by atoms with Crippen molar-refractivity contribution in [2.75, 3.05) is 31.1 Å². The Hall–Kier alpha value is -2.57. The predicted molar refractivity (Wildman–Crippen MR) is 101 cm³/mol. The van der Waals surface area contributed by atoms with Gasteiger partial charge in [-0.3, -0.25) is 14.7 Å². The van der Waals surface area contributed by atoms with Gasteiger partial charge in [0.15, 0.2) is 0 Å². The first-order chi connectivity index (χ1) is 12.7. The Balaban J connectivity index is 1.49. The average Bonchev–Trinajstić information content (AvgIpc) is 3.00. The Morgan fingerprint density at radius 3 is 2.58 bits per heavy atom. The molecular weight excluding hydrogens is 352 g/mol. The molecular formula is C19H19ClN4O2. The van der Waals surface area contributed by atoms with Crippen LogP contribution in [0.1, 0.15) is 5.69 Å². The highest BCUT2D eigenvalue weighted by Gasteiger charge is 2.20. The van der Waals surface area contributed by atoms with Crippen LogP contribution >= 0.6 is 11.6 Å². The summed E-state index contributed by atoms with van der Waals surface area (Å²) in [6.45, 7) is 4.94. The molecule has 0 aliphatic carbocycles. The molecule has 3 aromatic rings. The number of aromatic nitrogens is 2. The number of pyridine rings is 1. The number of piperazine rings is 1. The van der Waals surface area contributed by atoms with Crippen molar-refractivity contribution in [2.24, 2.45) is 0 Å². The molecule has 1 aromatic carbocycles. The SMILES string of the molecule is O=COn1c(CN2CCN(c3ccncc3)CC2)cc2cc(Cl)ccc21. The van der Waals surface area contributed by atoms with E-state index in [2.05, 4.69) is 14.8 Å². The first-order valence-electron chi connectivity index (χ1n) is 8.52. The van der Waals surface area contributed by atoms with Crippen LogP contribution in [0.4, 0.5) is 5.69 Å². The molecule has 1 aliphatic heterocycles. The van der Waals surface area contributed by atoms with Crippen LogP contribution in [0.2, 0.25) is 5.02 Å². The molecule has 3 heterocycles. The first-order valence-corrected chi connectivity index (χ1v) is 8.90. The van der Waals surface area contributed by atoms with Crippen molar-refractivity contribution in [3.8, 4) is 0 Å². The molecule has 1 saturated heterocycles. The fourth-order valence-electron chi connectivity index (χ4n) is 3.44. The molecule has 7 heteroatoms. The third kappa shape index (κ3) is 3.38. The lowest BCUT2D eigenvalue weighted by atomic mass is 10.2. The van der Waals surface area contributed by atoms with Crippen LogP contribution in [-0.2, 0) is 11.3 Å². The number of carbonyl (C=O) groups excluding carboxylic acids is 1. The summed E-state index contributed by atoms with van der Waals surface area (Å²) in [5, 5.41) is 1.63. The van der Waals surface area contributed by atoms with Gasteiger partial charge in [0, 0.05) is 61.2 Å². The molecule has 0 atom stereocenters. The van der Waals surface area contributed by atoms with Crippen LogP contribution in [0.15, 0.2) is 48.8 Å². The molecule has 134 valence electrons. The van der Waals surface area contributed by atoms with Gasteiger partial charge in [-0.1, -0.05) is 11.6 Å². The zero-order chi connectivity index (χ0) is 17.9. The summed E-state index contributed by atoms with van der Waals surface area (Å²) in [5.41, 5.74) is 2.98. The topological polar surface area (TPSA) is 50.6 Å². The summed E-state index contributed by atoms with van der Waals surface area (Å²) in [6, 6.07) is 11.6. The van der Waals surface area contributed by atoms with E-state index in [1.54, 1.807) is 10.8 Å². The molecule has 0 amide bonds. The van der Waals surface area contributed by atoms with Gasteiger partial charge >= 0.3 is 6.47 Å². The third-order valence-corrected chi connectivity index (χ3v) is 4.96. The molecule has 4 rings (SSSR count). The quantitative estimate of drug-likeness (QED) is 0.646. The van der Waals surface area contributed by atoms with Gasteiger partial charge in [0.05, 0.1) is 11.2 Å². The Morgan fingerprint density at radius 2 is 1.85 bits per heavy atom. The number of nitrogens with zero attached hydrogens (tertiary/aromatic N) is 4. The highest BCUT2D eigenvalue weighted by Crippen LogP contribution is 2.24. The van der Waals surface area contributed by atoms with Gasteiger partial charge in [-0.05, 0) is 36.4 Å². The van der Waals surface area contributed by atoms with Crippen molar-refractivity contribution in [2.45, 2.75) is 6.54 Å². The molecule has 26 heavy (non-hydrogen) atoms. The monoisotopic (exact) mass is 370 g/mol. The van der Waals surface area contributed by atoms with Gasteiger partial charge in [0.1, 0.15) is 0 Å². The third-order valence-electron chi connectivity index (χ3n) is 4.73. The second-order valence-electron chi connectivity index (χ2n) is 6.30. The second kappa shape index (κ2) is 7.35. The average molecular weight is 371 g/mol. The van der Waals surface area contributed by atoms with E-state index < -0.39 is 0 Å². The maximum Gasteiger partial charge on any atom is 0.321 e. The van der Waals surface area contributed by atoms with Crippen LogP contribution in [0, 0.1) is 0 Å². The summed E-state index contributed by atoms with van der Waals surface area (Å²) < 4.78 is 1.59. The molecule has 0 saturated carbocycles. The number of hydrogen-bond donors (Lipinski definition) is 0. The normalized spacial score (nSPS) is 15.3. The van der Waals surface area contributed by atoms with Crippen LogP contribution in [0.5, 0.6) is 0 Å². The highest BCUT2D eigenvalue weighted by molar-refractivity contribution is 6.31. The van der Waals surface area contributed by atoms with E-state index in [1.165, 1.54) is 5.69 Å². The van der Waals surface area contributed by atoms with Crippen molar-refractivity contribution < 1.29 is 9.63 Å². The summed E-state index contributed by atoms with van der Waals surface area (Å²) >= 11 is 6.08.